The maximum Gasteiger partial charge on any atom is 0.257 e. The van der Waals surface area contributed by atoms with Gasteiger partial charge in [-0.15, -0.1) is 0 Å². The summed E-state index contributed by atoms with van der Waals surface area (Å²) in [5.41, 5.74) is 3.28. The van der Waals surface area contributed by atoms with Crippen LogP contribution >= 0.6 is 0 Å². The number of piperazine rings is 1. The third-order valence-corrected chi connectivity index (χ3v) is 6.14. The molecule has 1 saturated heterocycles. The number of hydrogen-bond acceptors (Lipinski definition) is 4. The fraction of sp³-hybridized carbons (Fsp3) is 0.250. The lowest BCUT2D eigenvalue weighted by Crippen LogP contribution is -2.50. The number of hydrogen-bond donors (Lipinski definition) is 0. The lowest BCUT2D eigenvalue weighted by Gasteiger charge is -2.35. The number of nitrogens with zero attached hydrogens (tertiary/aromatic N) is 2. The van der Waals surface area contributed by atoms with Crippen LogP contribution in [0.5, 0.6) is 5.75 Å². The van der Waals surface area contributed by atoms with Gasteiger partial charge in [0, 0.05) is 44.6 Å². The Morgan fingerprint density at radius 3 is 1.97 bits per heavy atom. The summed E-state index contributed by atoms with van der Waals surface area (Å²) in [5.74, 6) is 0.344. The second kappa shape index (κ2) is 10.8. The van der Waals surface area contributed by atoms with Crippen molar-refractivity contribution < 1.29 is 19.1 Å². The molecule has 1 fully saturated rings. The Kier molecular flexibility index (Phi) is 7.38. The van der Waals surface area contributed by atoms with Crippen molar-refractivity contribution >= 4 is 17.6 Å². The van der Waals surface area contributed by atoms with Crippen molar-refractivity contribution in [3.63, 3.8) is 0 Å². The van der Waals surface area contributed by atoms with Gasteiger partial charge in [0.15, 0.2) is 5.78 Å². The SMILES string of the molecule is COc1ccccc1C(=O)N1CCN(C(=O)CCC(=O)c2ccc(-c3ccccc3)cc2)CC1. The molecule has 0 radical (unpaired) electrons. The van der Waals surface area contributed by atoms with Crippen molar-refractivity contribution in [3.8, 4) is 16.9 Å². The molecule has 0 saturated carbocycles. The Hall–Kier alpha value is -3.93. The molecule has 174 valence electrons. The molecule has 2 amide bonds. The second-order valence-corrected chi connectivity index (χ2v) is 8.24. The predicted octanol–water partition coefficient (Wildman–Crippen LogP) is 4.31. The van der Waals surface area contributed by atoms with Crippen molar-refractivity contribution in [1.29, 1.82) is 0 Å². The molecule has 6 heteroatoms. The van der Waals surface area contributed by atoms with Crippen LogP contribution in [-0.2, 0) is 4.79 Å². The number of rotatable bonds is 7. The molecular formula is C28H28N2O4. The molecule has 1 aliphatic heterocycles. The van der Waals surface area contributed by atoms with E-state index in [-0.39, 0.29) is 30.4 Å². The minimum atomic E-state index is -0.0984. The fourth-order valence-corrected chi connectivity index (χ4v) is 4.15. The zero-order valence-electron chi connectivity index (χ0n) is 19.3. The second-order valence-electron chi connectivity index (χ2n) is 8.24. The van der Waals surface area contributed by atoms with Crippen molar-refractivity contribution in [3.05, 3.63) is 90.0 Å². The van der Waals surface area contributed by atoms with Gasteiger partial charge in [-0.2, -0.15) is 0 Å². The third-order valence-electron chi connectivity index (χ3n) is 6.14. The molecule has 1 heterocycles. The third kappa shape index (κ3) is 5.34. The molecule has 0 aliphatic carbocycles. The standard InChI is InChI=1S/C28H28N2O4/c1-34-26-10-6-5-9-24(26)28(33)30-19-17-29(18-20-30)27(32)16-15-25(31)23-13-11-22(12-14-23)21-7-3-2-4-8-21/h2-14H,15-20H2,1H3. The molecule has 0 bridgehead atoms. The summed E-state index contributed by atoms with van der Waals surface area (Å²) in [7, 11) is 1.54. The lowest BCUT2D eigenvalue weighted by molar-refractivity contribution is -0.132. The van der Waals surface area contributed by atoms with Crippen LogP contribution < -0.4 is 4.74 Å². The van der Waals surface area contributed by atoms with Crippen molar-refractivity contribution in [2.24, 2.45) is 0 Å². The molecule has 34 heavy (non-hydrogen) atoms. The Balaban J connectivity index is 1.26. The van der Waals surface area contributed by atoms with Gasteiger partial charge in [0.25, 0.3) is 5.91 Å². The van der Waals surface area contributed by atoms with Crippen LogP contribution in [-0.4, -0.2) is 60.7 Å². The first kappa shape index (κ1) is 23.2. The van der Waals surface area contributed by atoms with Gasteiger partial charge in [0.1, 0.15) is 5.75 Å². The minimum absolute atomic E-state index is 0.0436. The van der Waals surface area contributed by atoms with Gasteiger partial charge in [-0.3, -0.25) is 14.4 Å². The highest BCUT2D eigenvalue weighted by Gasteiger charge is 2.26. The van der Waals surface area contributed by atoms with Crippen LogP contribution in [0.25, 0.3) is 11.1 Å². The van der Waals surface area contributed by atoms with E-state index in [0.29, 0.717) is 43.1 Å². The molecule has 0 aromatic heterocycles. The van der Waals surface area contributed by atoms with Crippen LogP contribution in [0.1, 0.15) is 33.6 Å². The summed E-state index contributed by atoms with van der Waals surface area (Å²) < 4.78 is 5.29. The number of carbonyl (C=O) groups excluding carboxylic acids is 3. The first-order chi connectivity index (χ1) is 16.6. The van der Waals surface area contributed by atoms with Crippen LogP contribution in [0.3, 0.4) is 0 Å². The van der Waals surface area contributed by atoms with Crippen LogP contribution in [0.4, 0.5) is 0 Å². The number of carbonyl (C=O) groups is 3. The first-order valence-electron chi connectivity index (χ1n) is 11.5. The Bertz CT molecular complexity index is 1150. The van der Waals surface area contributed by atoms with Crippen LogP contribution in [0.2, 0.25) is 0 Å². The summed E-state index contributed by atoms with van der Waals surface area (Å²) in [6.45, 7) is 1.83. The predicted molar refractivity (Wildman–Crippen MR) is 131 cm³/mol. The average Bonchev–Trinajstić information content (AvgIpc) is 2.91. The van der Waals surface area contributed by atoms with Crippen LogP contribution in [0.15, 0.2) is 78.9 Å². The zero-order chi connectivity index (χ0) is 23.9. The zero-order valence-corrected chi connectivity index (χ0v) is 19.3. The molecule has 0 atom stereocenters. The maximum atomic E-state index is 12.8. The lowest BCUT2D eigenvalue weighted by atomic mass is 10.0. The van der Waals surface area contributed by atoms with Crippen LogP contribution in [0, 0.1) is 0 Å². The first-order valence-corrected chi connectivity index (χ1v) is 11.5. The summed E-state index contributed by atoms with van der Waals surface area (Å²) in [6, 6.07) is 24.6. The number of amides is 2. The van der Waals surface area contributed by atoms with E-state index < -0.39 is 0 Å². The fourth-order valence-electron chi connectivity index (χ4n) is 4.15. The molecule has 0 N–H and O–H groups in total. The largest absolute Gasteiger partial charge is 0.496 e. The van der Waals surface area contributed by atoms with E-state index in [2.05, 4.69) is 0 Å². The Labute approximate surface area is 199 Å². The number of ether oxygens (including phenoxy) is 1. The smallest absolute Gasteiger partial charge is 0.257 e. The number of Topliss-reactive ketones (excluding diaryl/α,β-unsaturated/α-hetero) is 1. The summed E-state index contributed by atoms with van der Waals surface area (Å²) >= 11 is 0. The van der Waals surface area contributed by atoms with E-state index in [9.17, 15) is 14.4 Å². The molecular weight excluding hydrogens is 428 g/mol. The normalized spacial score (nSPS) is 13.4. The maximum absolute atomic E-state index is 12.8. The summed E-state index contributed by atoms with van der Waals surface area (Å²) in [4.78, 5) is 41.6. The number of methoxy groups -OCH3 is 1. The van der Waals surface area contributed by atoms with E-state index in [4.69, 9.17) is 4.74 Å². The molecule has 4 rings (SSSR count). The minimum Gasteiger partial charge on any atom is -0.496 e. The van der Waals surface area contributed by atoms with E-state index in [1.165, 1.54) is 0 Å². The van der Waals surface area contributed by atoms with Gasteiger partial charge in [0.2, 0.25) is 5.91 Å². The van der Waals surface area contributed by atoms with Gasteiger partial charge in [-0.05, 0) is 23.3 Å². The Morgan fingerprint density at radius 2 is 1.29 bits per heavy atom. The average molecular weight is 457 g/mol. The van der Waals surface area contributed by atoms with Gasteiger partial charge >= 0.3 is 0 Å². The van der Waals surface area contributed by atoms with Crippen molar-refractivity contribution in [2.75, 3.05) is 33.3 Å². The van der Waals surface area contributed by atoms with Gasteiger partial charge < -0.3 is 14.5 Å². The monoisotopic (exact) mass is 456 g/mol. The highest BCUT2D eigenvalue weighted by Crippen LogP contribution is 2.21. The quantitative estimate of drug-likeness (QED) is 0.497. The summed E-state index contributed by atoms with van der Waals surface area (Å²) in [5, 5.41) is 0. The van der Waals surface area contributed by atoms with E-state index >= 15 is 0 Å². The molecule has 0 spiro atoms. The Morgan fingerprint density at radius 1 is 0.706 bits per heavy atom. The van der Waals surface area contributed by atoms with Crippen molar-refractivity contribution in [1.82, 2.24) is 9.80 Å². The number of para-hydroxylation sites is 1. The van der Waals surface area contributed by atoms with E-state index in [1.54, 1.807) is 29.0 Å². The molecule has 3 aromatic carbocycles. The summed E-state index contributed by atoms with van der Waals surface area (Å²) in [6.07, 6.45) is 0.337. The highest BCUT2D eigenvalue weighted by molar-refractivity contribution is 5.98. The molecule has 1 aliphatic rings. The van der Waals surface area contributed by atoms with E-state index in [0.717, 1.165) is 11.1 Å². The van der Waals surface area contributed by atoms with Gasteiger partial charge in [-0.25, -0.2) is 0 Å². The topological polar surface area (TPSA) is 66.9 Å². The van der Waals surface area contributed by atoms with Gasteiger partial charge in [0.05, 0.1) is 12.7 Å². The highest BCUT2D eigenvalue weighted by atomic mass is 16.5. The van der Waals surface area contributed by atoms with Crippen molar-refractivity contribution in [2.45, 2.75) is 12.8 Å². The van der Waals surface area contributed by atoms with E-state index in [1.807, 2.05) is 66.7 Å². The van der Waals surface area contributed by atoms with Gasteiger partial charge in [-0.1, -0.05) is 66.7 Å². The molecule has 0 unspecified atom stereocenters. The number of benzene rings is 3. The molecule has 6 nitrogen and oxygen atoms in total. The number of ketones is 1. The molecule has 3 aromatic rings.